The second-order valence-corrected chi connectivity index (χ2v) is 8.39. The number of nitrogens with zero attached hydrogens (tertiary/aromatic N) is 2. The Kier molecular flexibility index (Phi) is 5.44. The third kappa shape index (κ3) is 3.86. The Balaban J connectivity index is 1.42. The summed E-state index contributed by atoms with van der Waals surface area (Å²) in [7, 11) is 0. The maximum absolute atomic E-state index is 13.0. The molecule has 4 heteroatoms. The maximum Gasteiger partial charge on any atom is 0.225 e. The van der Waals surface area contributed by atoms with Gasteiger partial charge in [0.05, 0.1) is 11.6 Å². The minimum atomic E-state index is -0.437. The number of carbonyl (C=O) groups is 1. The fourth-order valence-electron chi connectivity index (χ4n) is 4.93. The first-order valence-corrected chi connectivity index (χ1v) is 10.4. The molecule has 1 N–H and O–H groups in total. The lowest BCUT2D eigenvalue weighted by molar-refractivity contribution is -0.136. The van der Waals surface area contributed by atoms with Crippen molar-refractivity contribution >= 4 is 16.8 Å². The van der Waals surface area contributed by atoms with E-state index >= 15 is 0 Å². The van der Waals surface area contributed by atoms with Crippen molar-refractivity contribution in [3.8, 4) is 0 Å². The maximum atomic E-state index is 13.0. The van der Waals surface area contributed by atoms with E-state index in [9.17, 15) is 9.90 Å². The van der Waals surface area contributed by atoms with Crippen molar-refractivity contribution in [3.63, 3.8) is 0 Å². The molecule has 4 nitrogen and oxygen atoms in total. The first kappa shape index (κ1) is 18.4. The van der Waals surface area contributed by atoms with E-state index in [1.54, 1.807) is 0 Å². The summed E-state index contributed by atoms with van der Waals surface area (Å²) in [6, 6.07) is 10.2. The number of aromatic nitrogens is 1. The third-order valence-electron chi connectivity index (χ3n) is 6.71. The van der Waals surface area contributed by atoms with Crippen LogP contribution in [0.2, 0.25) is 0 Å². The number of hydrogen-bond acceptors (Lipinski definition) is 3. The molecule has 2 fully saturated rings. The van der Waals surface area contributed by atoms with Crippen LogP contribution in [0, 0.1) is 17.8 Å². The van der Waals surface area contributed by atoms with Gasteiger partial charge in [0.15, 0.2) is 0 Å². The van der Waals surface area contributed by atoms with Crippen molar-refractivity contribution in [3.05, 3.63) is 42.1 Å². The summed E-state index contributed by atoms with van der Waals surface area (Å²) < 4.78 is 0. The second kappa shape index (κ2) is 7.97. The van der Waals surface area contributed by atoms with Gasteiger partial charge in [0.2, 0.25) is 5.91 Å². The Labute approximate surface area is 161 Å². The molecule has 1 aromatic heterocycles. The molecule has 1 amide bonds. The van der Waals surface area contributed by atoms with E-state index in [-0.39, 0.29) is 17.7 Å². The lowest BCUT2D eigenvalue weighted by Crippen LogP contribution is -2.36. The Bertz CT molecular complexity index is 793. The van der Waals surface area contributed by atoms with Crippen LogP contribution < -0.4 is 0 Å². The number of para-hydroxylation sites is 1. The van der Waals surface area contributed by atoms with Crippen LogP contribution in [-0.4, -0.2) is 40.1 Å². The molecule has 1 aliphatic heterocycles. The number of carbonyl (C=O) groups excluding carboxylic acids is 1. The Hall–Kier alpha value is -1.94. The van der Waals surface area contributed by atoms with Crippen LogP contribution in [-0.2, 0) is 11.2 Å². The highest BCUT2D eigenvalue weighted by Gasteiger charge is 2.37. The summed E-state index contributed by atoms with van der Waals surface area (Å²) >= 11 is 0. The first-order valence-electron chi connectivity index (χ1n) is 10.4. The zero-order valence-corrected chi connectivity index (χ0v) is 16.2. The summed E-state index contributed by atoms with van der Waals surface area (Å²) in [4.78, 5) is 19.3. The zero-order valence-electron chi connectivity index (χ0n) is 16.2. The summed E-state index contributed by atoms with van der Waals surface area (Å²) in [5, 5.41) is 11.8. The molecule has 0 radical (unpaired) electrons. The molecule has 1 saturated carbocycles. The molecule has 2 aromatic rings. The summed E-state index contributed by atoms with van der Waals surface area (Å²) in [6.07, 6.45) is 7.81. The van der Waals surface area contributed by atoms with Gasteiger partial charge >= 0.3 is 0 Å². The molecule has 2 heterocycles. The number of rotatable bonds is 4. The second-order valence-electron chi connectivity index (χ2n) is 8.39. The summed E-state index contributed by atoms with van der Waals surface area (Å²) in [6.45, 7) is 3.40. The molecule has 2 aliphatic rings. The summed E-state index contributed by atoms with van der Waals surface area (Å²) in [5.41, 5.74) is 2.20. The van der Waals surface area contributed by atoms with Crippen LogP contribution in [0.3, 0.4) is 0 Å². The van der Waals surface area contributed by atoms with Gasteiger partial charge in [0, 0.05) is 36.5 Å². The number of benzene rings is 1. The van der Waals surface area contributed by atoms with Crippen molar-refractivity contribution in [2.45, 2.75) is 51.6 Å². The van der Waals surface area contributed by atoms with E-state index in [0.29, 0.717) is 13.1 Å². The van der Waals surface area contributed by atoms with Crippen LogP contribution in [0.5, 0.6) is 0 Å². The Morgan fingerprint density at radius 1 is 1.15 bits per heavy atom. The van der Waals surface area contributed by atoms with Gasteiger partial charge in [0.25, 0.3) is 0 Å². The van der Waals surface area contributed by atoms with E-state index in [0.717, 1.165) is 36.1 Å². The first-order chi connectivity index (χ1) is 13.2. The van der Waals surface area contributed by atoms with E-state index in [4.69, 9.17) is 0 Å². The highest BCUT2D eigenvalue weighted by molar-refractivity contribution is 5.82. The predicted octanol–water partition coefficient (Wildman–Crippen LogP) is 3.81. The molecule has 1 aliphatic carbocycles. The zero-order chi connectivity index (χ0) is 18.8. The average Bonchev–Trinajstić information content (AvgIpc) is 3.08. The normalized spacial score (nSPS) is 28.6. The largest absolute Gasteiger partial charge is 0.391 e. The highest BCUT2D eigenvalue weighted by atomic mass is 16.3. The van der Waals surface area contributed by atoms with Gasteiger partial charge in [-0.2, -0.15) is 0 Å². The van der Waals surface area contributed by atoms with Crippen molar-refractivity contribution in [2.75, 3.05) is 13.1 Å². The topological polar surface area (TPSA) is 53.4 Å². The number of likely N-dealkylation sites (tertiary alicyclic amines) is 1. The van der Waals surface area contributed by atoms with Crippen LogP contribution in [0.4, 0.5) is 0 Å². The fraction of sp³-hybridized carbons (Fsp3) is 0.565. The van der Waals surface area contributed by atoms with Gasteiger partial charge in [-0.1, -0.05) is 31.5 Å². The minimum absolute atomic E-state index is 0.103. The Morgan fingerprint density at radius 2 is 1.93 bits per heavy atom. The van der Waals surface area contributed by atoms with Gasteiger partial charge in [0.1, 0.15) is 0 Å². The number of pyridine rings is 1. The van der Waals surface area contributed by atoms with Gasteiger partial charge in [-0.3, -0.25) is 9.78 Å². The molecule has 0 bridgehead atoms. The molecule has 0 unspecified atom stereocenters. The molecule has 0 spiro atoms. The number of fused-ring (bicyclic) bond motifs is 1. The van der Waals surface area contributed by atoms with E-state index < -0.39 is 6.10 Å². The van der Waals surface area contributed by atoms with Crippen LogP contribution >= 0.6 is 0 Å². The highest BCUT2D eigenvalue weighted by Crippen LogP contribution is 2.33. The van der Waals surface area contributed by atoms with Gasteiger partial charge in [-0.25, -0.2) is 0 Å². The molecule has 2 atom stereocenters. The molecule has 27 heavy (non-hydrogen) atoms. The van der Waals surface area contributed by atoms with Crippen molar-refractivity contribution in [2.24, 2.45) is 17.8 Å². The van der Waals surface area contributed by atoms with E-state index in [2.05, 4.69) is 18.0 Å². The van der Waals surface area contributed by atoms with Gasteiger partial charge < -0.3 is 10.0 Å². The van der Waals surface area contributed by atoms with Gasteiger partial charge in [-0.05, 0) is 55.7 Å². The van der Waals surface area contributed by atoms with Gasteiger partial charge in [-0.15, -0.1) is 0 Å². The van der Waals surface area contributed by atoms with Crippen molar-refractivity contribution in [1.82, 2.24) is 9.88 Å². The fourth-order valence-corrected chi connectivity index (χ4v) is 4.93. The van der Waals surface area contributed by atoms with Crippen LogP contribution in [0.25, 0.3) is 10.9 Å². The van der Waals surface area contributed by atoms with Crippen LogP contribution in [0.1, 0.15) is 44.6 Å². The lowest BCUT2D eigenvalue weighted by Gasteiger charge is -2.30. The van der Waals surface area contributed by atoms with E-state index in [1.165, 1.54) is 24.8 Å². The lowest BCUT2D eigenvalue weighted by atomic mass is 9.80. The van der Waals surface area contributed by atoms with E-state index in [1.807, 2.05) is 35.4 Å². The SMILES string of the molecule is CCC1CCC(C(=O)N2C[C@@H](Cc3ccnc4ccccc34)[C@@H](O)C2)CC1. The summed E-state index contributed by atoms with van der Waals surface area (Å²) in [5.74, 6) is 1.34. The monoisotopic (exact) mass is 366 g/mol. The number of β-amino-alcohol motifs (C(OH)–C–C–N with tert-alkyl or cyclic N) is 1. The van der Waals surface area contributed by atoms with Crippen LogP contribution in [0.15, 0.2) is 36.5 Å². The average molecular weight is 367 g/mol. The molecule has 1 saturated heterocycles. The molecule has 4 rings (SSSR count). The standard InChI is InChI=1S/C23H30N2O2/c1-2-16-7-9-17(10-8-16)23(27)25-14-19(22(26)15-25)13-18-11-12-24-21-6-4-3-5-20(18)21/h3-6,11-12,16-17,19,22,26H,2,7-10,13-15H2,1H3/t16?,17?,19-,22+/m1/s1. The third-order valence-corrected chi connectivity index (χ3v) is 6.71. The van der Waals surface area contributed by atoms with Crippen molar-refractivity contribution < 1.29 is 9.90 Å². The molecular formula is C23H30N2O2. The Morgan fingerprint density at radius 3 is 2.70 bits per heavy atom. The predicted molar refractivity (Wildman–Crippen MR) is 107 cm³/mol. The quantitative estimate of drug-likeness (QED) is 0.895. The number of amides is 1. The number of hydrogen-bond donors (Lipinski definition) is 1. The smallest absolute Gasteiger partial charge is 0.225 e. The van der Waals surface area contributed by atoms with Crippen molar-refractivity contribution in [1.29, 1.82) is 0 Å². The minimum Gasteiger partial charge on any atom is -0.391 e. The molecular weight excluding hydrogens is 336 g/mol. The number of aliphatic hydroxyl groups excluding tert-OH is 1. The molecule has 1 aromatic carbocycles. The number of aliphatic hydroxyl groups is 1. The molecule has 144 valence electrons.